The minimum atomic E-state index is 0.000932. The zero-order valence-corrected chi connectivity index (χ0v) is 18.6. The van der Waals surface area contributed by atoms with E-state index in [1.54, 1.807) is 0 Å². The van der Waals surface area contributed by atoms with Gasteiger partial charge in [-0.1, -0.05) is 32.0 Å². The van der Waals surface area contributed by atoms with Crippen LogP contribution in [0, 0.1) is 19.8 Å². The molecule has 3 rings (SSSR count). The number of aryl methyl sites for hydroxylation is 3. The summed E-state index contributed by atoms with van der Waals surface area (Å²) in [5, 5.41) is 2.99. The third-order valence-corrected chi connectivity index (χ3v) is 5.15. The van der Waals surface area contributed by atoms with Gasteiger partial charge in [-0.25, -0.2) is 4.98 Å². The predicted octanol–water partition coefficient (Wildman–Crippen LogP) is 4.83. The van der Waals surface area contributed by atoms with Gasteiger partial charge in [-0.2, -0.15) is 0 Å². The van der Waals surface area contributed by atoms with Gasteiger partial charge in [0.2, 0.25) is 5.91 Å². The average molecular weight is 408 g/mol. The van der Waals surface area contributed by atoms with E-state index in [1.807, 2.05) is 32.0 Å². The summed E-state index contributed by atoms with van der Waals surface area (Å²) >= 11 is 0. The second-order valence-corrected chi connectivity index (χ2v) is 8.24. The number of aromatic nitrogens is 2. The van der Waals surface area contributed by atoms with Crippen molar-refractivity contribution in [2.24, 2.45) is 5.92 Å². The average Bonchev–Trinajstić information content (AvgIpc) is 3.04. The maximum absolute atomic E-state index is 11.8. The standard InChI is InChI=1S/C25H33N3O2/c1-18(2)25(29)26-12-11-24-27-22-9-5-6-10-23(22)28(24)13-7-8-14-30-21-16-19(3)15-20(4)17-21/h5-6,9-10,15-18H,7-8,11-14H2,1-4H3,(H,26,29). The van der Waals surface area contributed by atoms with Crippen molar-refractivity contribution in [1.82, 2.24) is 14.9 Å². The molecule has 160 valence electrons. The molecule has 0 atom stereocenters. The summed E-state index contributed by atoms with van der Waals surface area (Å²) < 4.78 is 8.23. The van der Waals surface area contributed by atoms with E-state index in [1.165, 1.54) is 11.1 Å². The number of para-hydroxylation sites is 2. The number of benzene rings is 2. The zero-order valence-electron chi connectivity index (χ0n) is 18.6. The summed E-state index contributed by atoms with van der Waals surface area (Å²) in [7, 11) is 0. The first kappa shape index (κ1) is 21.9. The molecule has 0 saturated carbocycles. The number of carbonyl (C=O) groups is 1. The maximum Gasteiger partial charge on any atom is 0.222 e. The molecule has 0 radical (unpaired) electrons. The van der Waals surface area contributed by atoms with E-state index in [4.69, 9.17) is 9.72 Å². The first-order valence-corrected chi connectivity index (χ1v) is 10.9. The van der Waals surface area contributed by atoms with Crippen molar-refractivity contribution in [3.8, 4) is 5.75 Å². The fourth-order valence-corrected chi connectivity index (χ4v) is 3.65. The van der Waals surface area contributed by atoms with Crippen LogP contribution in [0.2, 0.25) is 0 Å². The van der Waals surface area contributed by atoms with Gasteiger partial charge in [-0.05, 0) is 62.1 Å². The van der Waals surface area contributed by atoms with Crippen LogP contribution < -0.4 is 10.1 Å². The third kappa shape index (κ3) is 5.85. The Morgan fingerprint density at radius 2 is 1.83 bits per heavy atom. The number of unbranched alkanes of at least 4 members (excludes halogenated alkanes) is 1. The highest BCUT2D eigenvalue weighted by molar-refractivity contribution is 5.78. The summed E-state index contributed by atoms with van der Waals surface area (Å²) in [6.07, 6.45) is 2.71. The smallest absolute Gasteiger partial charge is 0.222 e. The first-order chi connectivity index (χ1) is 14.4. The Morgan fingerprint density at radius 1 is 1.10 bits per heavy atom. The van der Waals surface area contributed by atoms with Crippen LogP contribution in [0.15, 0.2) is 42.5 Å². The number of fused-ring (bicyclic) bond motifs is 1. The molecule has 1 heterocycles. The molecule has 0 aliphatic carbocycles. The van der Waals surface area contributed by atoms with Crippen LogP contribution in [0.4, 0.5) is 0 Å². The lowest BCUT2D eigenvalue weighted by Gasteiger charge is -2.12. The van der Waals surface area contributed by atoms with Crippen molar-refractivity contribution < 1.29 is 9.53 Å². The number of amides is 1. The number of hydrogen-bond donors (Lipinski definition) is 1. The number of nitrogens with zero attached hydrogens (tertiary/aromatic N) is 2. The van der Waals surface area contributed by atoms with Gasteiger partial charge in [-0.3, -0.25) is 4.79 Å². The molecule has 2 aromatic carbocycles. The number of hydrogen-bond acceptors (Lipinski definition) is 3. The van der Waals surface area contributed by atoms with Gasteiger partial charge in [0, 0.05) is 25.4 Å². The van der Waals surface area contributed by atoms with Crippen LogP contribution in [0.1, 0.15) is 43.6 Å². The van der Waals surface area contributed by atoms with Gasteiger partial charge in [0.15, 0.2) is 0 Å². The Morgan fingerprint density at radius 3 is 2.57 bits per heavy atom. The second-order valence-electron chi connectivity index (χ2n) is 8.24. The summed E-state index contributed by atoms with van der Waals surface area (Å²) in [6.45, 7) is 10.2. The molecule has 5 heteroatoms. The largest absolute Gasteiger partial charge is 0.494 e. The van der Waals surface area contributed by atoms with Crippen molar-refractivity contribution in [3.05, 3.63) is 59.4 Å². The third-order valence-electron chi connectivity index (χ3n) is 5.15. The van der Waals surface area contributed by atoms with E-state index in [0.717, 1.165) is 48.4 Å². The summed E-state index contributed by atoms with van der Waals surface area (Å²) in [6, 6.07) is 14.5. The van der Waals surface area contributed by atoms with E-state index < -0.39 is 0 Å². The Bertz CT molecular complexity index is 971. The van der Waals surface area contributed by atoms with E-state index in [-0.39, 0.29) is 11.8 Å². The Kier molecular flexibility index (Phi) is 7.50. The van der Waals surface area contributed by atoms with E-state index >= 15 is 0 Å². The van der Waals surface area contributed by atoms with Crippen LogP contribution in [0.3, 0.4) is 0 Å². The molecule has 30 heavy (non-hydrogen) atoms. The Labute approximate surface area is 179 Å². The molecule has 0 aliphatic rings. The molecule has 3 aromatic rings. The Hall–Kier alpha value is -2.82. The van der Waals surface area contributed by atoms with Crippen molar-refractivity contribution in [3.63, 3.8) is 0 Å². The molecular weight excluding hydrogens is 374 g/mol. The Balaban J connectivity index is 1.56. The SMILES string of the molecule is Cc1cc(C)cc(OCCCCn2c(CCNC(=O)C(C)C)nc3ccccc32)c1. The van der Waals surface area contributed by atoms with E-state index in [2.05, 4.69) is 48.0 Å². The number of rotatable bonds is 10. The predicted molar refractivity (Wildman–Crippen MR) is 122 cm³/mol. The van der Waals surface area contributed by atoms with Crippen molar-refractivity contribution in [2.45, 2.75) is 53.5 Å². The molecule has 0 fully saturated rings. The highest BCUT2D eigenvalue weighted by Gasteiger charge is 2.11. The first-order valence-electron chi connectivity index (χ1n) is 10.9. The molecular formula is C25H33N3O2. The van der Waals surface area contributed by atoms with Crippen LogP contribution >= 0.6 is 0 Å². The number of nitrogens with one attached hydrogen (secondary N) is 1. The molecule has 0 unspecified atom stereocenters. The highest BCUT2D eigenvalue weighted by atomic mass is 16.5. The second kappa shape index (κ2) is 10.3. The van der Waals surface area contributed by atoms with Crippen molar-refractivity contribution >= 4 is 16.9 Å². The van der Waals surface area contributed by atoms with Gasteiger partial charge in [-0.15, -0.1) is 0 Å². The van der Waals surface area contributed by atoms with Gasteiger partial charge in [0.25, 0.3) is 0 Å². The molecule has 1 amide bonds. The number of imidazole rings is 1. The van der Waals surface area contributed by atoms with E-state index in [0.29, 0.717) is 13.2 Å². The molecule has 5 nitrogen and oxygen atoms in total. The minimum absolute atomic E-state index is 0.000932. The van der Waals surface area contributed by atoms with Gasteiger partial charge in [0.05, 0.1) is 17.6 Å². The normalized spacial score (nSPS) is 11.2. The monoisotopic (exact) mass is 407 g/mol. The lowest BCUT2D eigenvalue weighted by atomic mass is 10.1. The molecule has 0 saturated heterocycles. The summed E-state index contributed by atoms with van der Waals surface area (Å²) in [5.41, 5.74) is 4.61. The summed E-state index contributed by atoms with van der Waals surface area (Å²) in [4.78, 5) is 16.6. The lowest BCUT2D eigenvalue weighted by Crippen LogP contribution is -2.30. The fraction of sp³-hybridized carbons (Fsp3) is 0.440. The van der Waals surface area contributed by atoms with Crippen molar-refractivity contribution in [2.75, 3.05) is 13.2 Å². The van der Waals surface area contributed by atoms with E-state index in [9.17, 15) is 4.79 Å². The molecule has 0 bridgehead atoms. The minimum Gasteiger partial charge on any atom is -0.494 e. The topological polar surface area (TPSA) is 56.1 Å². The van der Waals surface area contributed by atoms with Gasteiger partial charge < -0.3 is 14.6 Å². The summed E-state index contributed by atoms with van der Waals surface area (Å²) in [5.74, 6) is 2.06. The van der Waals surface area contributed by atoms with Crippen molar-refractivity contribution in [1.29, 1.82) is 0 Å². The molecule has 0 spiro atoms. The van der Waals surface area contributed by atoms with Crippen LogP contribution in [0.25, 0.3) is 11.0 Å². The molecule has 1 N–H and O–H groups in total. The zero-order chi connectivity index (χ0) is 21.5. The van der Waals surface area contributed by atoms with Crippen LogP contribution in [-0.2, 0) is 17.8 Å². The van der Waals surface area contributed by atoms with Crippen LogP contribution in [0.5, 0.6) is 5.75 Å². The quantitative estimate of drug-likeness (QED) is 0.490. The fourth-order valence-electron chi connectivity index (χ4n) is 3.65. The lowest BCUT2D eigenvalue weighted by molar-refractivity contribution is -0.123. The highest BCUT2D eigenvalue weighted by Crippen LogP contribution is 2.19. The number of carbonyl (C=O) groups excluding carboxylic acids is 1. The number of ether oxygens (including phenoxy) is 1. The maximum atomic E-state index is 11.8. The van der Waals surface area contributed by atoms with Crippen LogP contribution in [-0.4, -0.2) is 28.6 Å². The van der Waals surface area contributed by atoms with Gasteiger partial charge >= 0.3 is 0 Å². The van der Waals surface area contributed by atoms with Gasteiger partial charge in [0.1, 0.15) is 11.6 Å². The molecule has 0 aliphatic heterocycles. The molecule has 1 aromatic heterocycles.